The number of carbonyl (C=O) groups is 3. The van der Waals surface area contributed by atoms with Crippen molar-refractivity contribution >= 4 is 18.0 Å². The number of alkyl carbamates (subject to hydrolysis) is 1. The number of amides is 2. The number of ether oxygens (including phenoxy) is 2. The molecule has 7 nitrogen and oxygen atoms in total. The van der Waals surface area contributed by atoms with E-state index in [1.54, 1.807) is 41.5 Å². The summed E-state index contributed by atoms with van der Waals surface area (Å²) in [5.74, 6) is -1.98. The lowest BCUT2D eigenvalue weighted by Gasteiger charge is -2.25. The van der Waals surface area contributed by atoms with E-state index in [0.717, 1.165) is 6.08 Å². The maximum atomic E-state index is 14.3. The number of hydrogen-bond donors (Lipinski definition) is 2. The van der Waals surface area contributed by atoms with Crippen molar-refractivity contribution in [2.75, 3.05) is 13.2 Å². The van der Waals surface area contributed by atoms with Gasteiger partial charge in [-0.25, -0.2) is 9.18 Å². The van der Waals surface area contributed by atoms with E-state index >= 15 is 0 Å². The van der Waals surface area contributed by atoms with Gasteiger partial charge in [-0.3, -0.25) is 9.59 Å². The molecule has 144 valence electrons. The second kappa shape index (κ2) is 10.7. The van der Waals surface area contributed by atoms with E-state index in [9.17, 15) is 18.8 Å². The minimum absolute atomic E-state index is 0.218. The van der Waals surface area contributed by atoms with Crippen LogP contribution in [0.5, 0.6) is 0 Å². The Morgan fingerprint density at radius 3 is 2.28 bits per heavy atom. The standard InChI is InChI=1S/C17H29FN2O5/c1-7-24-14(22)10-19-13(21)9-8-12(18)15(11(2)3)20-16(23)25-17(4,5)6/h8,11,15H,7,9-10H2,1-6H3,(H,19,21)(H,20,23)/b12-8+/t15-/m1/s1. The second-order valence-corrected chi connectivity index (χ2v) is 6.74. The molecule has 1 atom stereocenters. The smallest absolute Gasteiger partial charge is 0.408 e. The summed E-state index contributed by atoms with van der Waals surface area (Å²) in [5, 5.41) is 4.78. The Morgan fingerprint density at radius 2 is 1.80 bits per heavy atom. The lowest BCUT2D eigenvalue weighted by Crippen LogP contribution is -2.42. The third-order valence-corrected chi connectivity index (χ3v) is 2.85. The first kappa shape index (κ1) is 22.9. The molecule has 0 fully saturated rings. The maximum Gasteiger partial charge on any atom is 0.408 e. The molecule has 0 aliphatic heterocycles. The van der Waals surface area contributed by atoms with Crippen LogP contribution < -0.4 is 10.6 Å². The molecular formula is C17H29FN2O5. The van der Waals surface area contributed by atoms with Gasteiger partial charge in [0.1, 0.15) is 18.0 Å². The van der Waals surface area contributed by atoms with Crippen LogP contribution in [0.15, 0.2) is 11.9 Å². The molecule has 0 rings (SSSR count). The Hall–Kier alpha value is -2.12. The first-order valence-corrected chi connectivity index (χ1v) is 8.23. The summed E-state index contributed by atoms with van der Waals surface area (Å²) in [5.41, 5.74) is -0.696. The topological polar surface area (TPSA) is 93.7 Å². The Kier molecular flexibility index (Phi) is 9.78. The summed E-state index contributed by atoms with van der Waals surface area (Å²) >= 11 is 0. The van der Waals surface area contributed by atoms with Gasteiger partial charge in [-0.05, 0) is 39.7 Å². The number of esters is 1. The van der Waals surface area contributed by atoms with Crippen LogP contribution >= 0.6 is 0 Å². The number of halogens is 1. The second-order valence-electron chi connectivity index (χ2n) is 6.74. The summed E-state index contributed by atoms with van der Waals surface area (Å²) in [6, 6.07) is -0.910. The highest BCUT2D eigenvalue weighted by Crippen LogP contribution is 2.16. The molecule has 0 heterocycles. The van der Waals surface area contributed by atoms with Crippen molar-refractivity contribution in [3.05, 3.63) is 11.9 Å². The van der Waals surface area contributed by atoms with Gasteiger partial charge in [-0.15, -0.1) is 0 Å². The van der Waals surface area contributed by atoms with Gasteiger partial charge < -0.3 is 20.1 Å². The highest BCUT2D eigenvalue weighted by molar-refractivity contribution is 5.82. The first-order valence-electron chi connectivity index (χ1n) is 8.23. The summed E-state index contributed by atoms with van der Waals surface area (Å²) in [6.07, 6.45) is 0.0778. The van der Waals surface area contributed by atoms with Crippen LogP contribution in [0.2, 0.25) is 0 Å². The Bertz CT molecular complexity index is 498. The Morgan fingerprint density at radius 1 is 1.20 bits per heavy atom. The number of rotatable bonds is 8. The van der Waals surface area contributed by atoms with Crippen LogP contribution in [-0.2, 0) is 19.1 Å². The van der Waals surface area contributed by atoms with Crippen molar-refractivity contribution in [1.29, 1.82) is 0 Å². The lowest BCUT2D eigenvalue weighted by atomic mass is 10.0. The Labute approximate surface area is 148 Å². The van der Waals surface area contributed by atoms with Gasteiger partial charge in [0.15, 0.2) is 0 Å². The summed E-state index contributed by atoms with van der Waals surface area (Å²) in [4.78, 5) is 34.5. The van der Waals surface area contributed by atoms with Gasteiger partial charge in [0.05, 0.1) is 12.6 Å². The number of hydrogen-bond acceptors (Lipinski definition) is 5. The molecule has 2 amide bonds. The van der Waals surface area contributed by atoms with Crippen molar-refractivity contribution in [3.8, 4) is 0 Å². The van der Waals surface area contributed by atoms with Crippen LogP contribution in [0, 0.1) is 5.92 Å². The van der Waals surface area contributed by atoms with E-state index in [2.05, 4.69) is 15.4 Å². The fraction of sp³-hybridized carbons (Fsp3) is 0.706. The minimum Gasteiger partial charge on any atom is -0.465 e. The average molecular weight is 360 g/mol. The molecule has 2 N–H and O–H groups in total. The highest BCUT2D eigenvalue weighted by atomic mass is 19.1. The molecular weight excluding hydrogens is 331 g/mol. The molecule has 8 heteroatoms. The van der Waals surface area contributed by atoms with Crippen molar-refractivity contribution in [3.63, 3.8) is 0 Å². The van der Waals surface area contributed by atoms with Gasteiger partial charge in [0.2, 0.25) is 5.91 Å². The quantitative estimate of drug-likeness (QED) is 0.649. The first-order chi connectivity index (χ1) is 11.5. The molecule has 0 aliphatic rings. The van der Waals surface area contributed by atoms with Crippen LogP contribution in [-0.4, -0.2) is 42.8 Å². The van der Waals surface area contributed by atoms with Crippen molar-refractivity contribution in [2.24, 2.45) is 5.92 Å². The molecule has 0 aromatic carbocycles. The molecule has 0 bridgehead atoms. The molecule has 0 saturated heterocycles. The third-order valence-electron chi connectivity index (χ3n) is 2.85. The largest absolute Gasteiger partial charge is 0.465 e. The maximum absolute atomic E-state index is 14.3. The predicted octanol–water partition coefficient (Wildman–Crippen LogP) is 2.46. The van der Waals surface area contributed by atoms with Crippen molar-refractivity contribution in [2.45, 2.75) is 59.6 Å². The molecule has 0 aromatic rings. The molecule has 0 spiro atoms. The molecule has 0 radical (unpaired) electrons. The highest BCUT2D eigenvalue weighted by Gasteiger charge is 2.24. The number of nitrogens with one attached hydrogen (secondary N) is 2. The van der Waals surface area contributed by atoms with E-state index in [1.807, 2.05) is 0 Å². The van der Waals surface area contributed by atoms with Crippen LogP contribution in [0.3, 0.4) is 0 Å². The van der Waals surface area contributed by atoms with E-state index < -0.39 is 35.4 Å². The molecule has 0 aromatic heterocycles. The average Bonchev–Trinajstić information content (AvgIpc) is 2.46. The van der Waals surface area contributed by atoms with E-state index in [4.69, 9.17) is 4.74 Å². The molecule has 0 unspecified atom stereocenters. The van der Waals surface area contributed by atoms with E-state index in [-0.39, 0.29) is 25.5 Å². The van der Waals surface area contributed by atoms with Crippen LogP contribution in [0.25, 0.3) is 0 Å². The predicted molar refractivity (Wildman–Crippen MR) is 91.4 cm³/mol. The summed E-state index contributed by atoms with van der Waals surface area (Å²) in [6.45, 7) is 10.2. The number of carbonyl (C=O) groups excluding carboxylic acids is 3. The van der Waals surface area contributed by atoms with E-state index in [0.29, 0.717) is 0 Å². The zero-order valence-corrected chi connectivity index (χ0v) is 15.8. The fourth-order valence-corrected chi connectivity index (χ4v) is 1.76. The summed E-state index contributed by atoms with van der Waals surface area (Å²) in [7, 11) is 0. The third kappa shape index (κ3) is 11.1. The fourth-order valence-electron chi connectivity index (χ4n) is 1.76. The SMILES string of the molecule is CCOC(=O)CNC(=O)C/C=C(/F)[C@H](NC(=O)OC(C)(C)C)C(C)C. The molecule has 25 heavy (non-hydrogen) atoms. The van der Waals surface area contributed by atoms with E-state index in [1.165, 1.54) is 0 Å². The zero-order valence-electron chi connectivity index (χ0n) is 15.8. The molecule has 0 saturated carbocycles. The van der Waals surface area contributed by atoms with Crippen molar-refractivity contribution in [1.82, 2.24) is 10.6 Å². The van der Waals surface area contributed by atoms with Gasteiger partial charge >= 0.3 is 12.1 Å². The zero-order chi connectivity index (χ0) is 19.6. The normalized spacial score (nSPS) is 13.2. The van der Waals surface area contributed by atoms with Gasteiger partial charge in [0, 0.05) is 6.42 Å². The monoisotopic (exact) mass is 360 g/mol. The van der Waals surface area contributed by atoms with Crippen LogP contribution in [0.1, 0.15) is 48.0 Å². The molecule has 0 aliphatic carbocycles. The van der Waals surface area contributed by atoms with Crippen molar-refractivity contribution < 1.29 is 28.2 Å². The van der Waals surface area contributed by atoms with Gasteiger partial charge in [0.25, 0.3) is 0 Å². The lowest BCUT2D eigenvalue weighted by molar-refractivity contribution is -0.143. The summed E-state index contributed by atoms with van der Waals surface area (Å²) < 4.78 is 24.1. The van der Waals surface area contributed by atoms with Crippen LogP contribution in [0.4, 0.5) is 9.18 Å². The minimum atomic E-state index is -0.910. The van der Waals surface area contributed by atoms with Gasteiger partial charge in [-0.2, -0.15) is 0 Å². The van der Waals surface area contributed by atoms with Gasteiger partial charge in [-0.1, -0.05) is 13.8 Å². The Balaban J connectivity index is 4.63.